The Bertz CT molecular complexity index is 342. The number of halogens is 1. The fraction of sp³-hybridized carbons (Fsp3) is 0.571. The minimum absolute atomic E-state index is 0.645. The van der Waals surface area contributed by atoms with E-state index in [4.69, 9.17) is 14.2 Å². The molecule has 1 rings (SSSR count). The van der Waals surface area contributed by atoms with Gasteiger partial charge in [-0.25, -0.2) is 0 Å². The molecular formula is C14H21BrO3. The molecule has 0 bridgehead atoms. The molecular weight excluding hydrogens is 296 g/mol. The summed E-state index contributed by atoms with van der Waals surface area (Å²) < 4.78 is 16.1. The second-order valence-corrected chi connectivity index (χ2v) is 4.56. The Morgan fingerprint density at radius 3 is 2.67 bits per heavy atom. The van der Waals surface area contributed by atoms with E-state index < -0.39 is 0 Å². The fourth-order valence-corrected chi connectivity index (χ4v) is 2.05. The van der Waals surface area contributed by atoms with E-state index in [-0.39, 0.29) is 0 Å². The zero-order valence-electron chi connectivity index (χ0n) is 11.1. The highest BCUT2D eigenvalue weighted by molar-refractivity contribution is 9.08. The van der Waals surface area contributed by atoms with E-state index in [1.807, 2.05) is 6.07 Å². The van der Waals surface area contributed by atoms with Gasteiger partial charge in [0.25, 0.3) is 0 Å². The Morgan fingerprint density at radius 2 is 1.94 bits per heavy atom. The van der Waals surface area contributed by atoms with Crippen molar-refractivity contribution in [2.45, 2.75) is 18.7 Å². The Hall–Kier alpha value is -0.580. The van der Waals surface area contributed by atoms with Gasteiger partial charge in [-0.05, 0) is 12.5 Å². The molecule has 0 amide bonds. The van der Waals surface area contributed by atoms with Crippen LogP contribution in [0.1, 0.15) is 17.5 Å². The summed E-state index contributed by atoms with van der Waals surface area (Å²) in [6.07, 6.45) is 0.889. The lowest BCUT2D eigenvalue weighted by molar-refractivity contribution is 0.0643. The van der Waals surface area contributed by atoms with E-state index >= 15 is 0 Å². The van der Waals surface area contributed by atoms with Gasteiger partial charge in [0.2, 0.25) is 0 Å². The maximum Gasteiger partial charge on any atom is 0.126 e. The SMILES string of the molecule is COCCOCCCOc1c(C)cccc1CBr. The Labute approximate surface area is 118 Å². The molecule has 0 radical (unpaired) electrons. The highest BCUT2D eigenvalue weighted by Gasteiger charge is 2.05. The molecule has 0 aliphatic heterocycles. The van der Waals surface area contributed by atoms with Crippen LogP contribution in [0.4, 0.5) is 0 Å². The average molecular weight is 317 g/mol. The van der Waals surface area contributed by atoms with Gasteiger partial charge in [0.05, 0.1) is 19.8 Å². The van der Waals surface area contributed by atoms with Gasteiger partial charge in [-0.1, -0.05) is 34.1 Å². The zero-order chi connectivity index (χ0) is 13.2. The highest BCUT2D eigenvalue weighted by atomic mass is 79.9. The van der Waals surface area contributed by atoms with Crippen molar-refractivity contribution < 1.29 is 14.2 Å². The second-order valence-electron chi connectivity index (χ2n) is 4.00. The molecule has 18 heavy (non-hydrogen) atoms. The summed E-state index contributed by atoms with van der Waals surface area (Å²) in [4.78, 5) is 0. The lowest BCUT2D eigenvalue weighted by Gasteiger charge is -2.12. The molecule has 0 unspecified atom stereocenters. The molecule has 3 nitrogen and oxygen atoms in total. The van der Waals surface area contributed by atoms with Crippen LogP contribution in [0.15, 0.2) is 18.2 Å². The molecule has 102 valence electrons. The number of aryl methyl sites for hydroxylation is 1. The van der Waals surface area contributed by atoms with Crippen molar-refractivity contribution in [2.75, 3.05) is 33.5 Å². The van der Waals surface area contributed by atoms with Crippen molar-refractivity contribution in [3.05, 3.63) is 29.3 Å². The van der Waals surface area contributed by atoms with E-state index in [0.717, 1.165) is 17.5 Å². The maximum absolute atomic E-state index is 5.82. The summed E-state index contributed by atoms with van der Waals surface area (Å²) in [5.74, 6) is 0.992. The van der Waals surface area contributed by atoms with Crippen LogP contribution in [-0.4, -0.2) is 33.5 Å². The number of benzene rings is 1. The highest BCUT2D eigenvalue weighted by Crippen LogP contribution is 2.25. The lowest BCUT2D eigenvalue weighted by atomic mass is 10.1. The van der Waals surface area contributed by atoms with Crippen LogP contribution in [0.25, 0.3) is 0 Å². The Balaban J connectivity index is 2.26. The average Bonchev–Trinajstić information content (AvgIpc) is 2.39. The van der Waals surface area contributed by atoms with Crippen LogP contribution >= 0.6 is 15.9 Å². The van der Waals surface area contributed by atoms with Crippen LogP contribution in [0.2, 0.25) is 0 Å². The molecule has 0 aliphatic carbocycles. The van der Waals surface area contributed by atoms with Gasteiger partial charge in [-0.15, -0.1) is 0 Å². The van der Waals surface area contributed by atoms with Crippen LogP contribution in [0.5, 0.6) is 5.75 Å². The van der Waals surface area contributed by atoms with Gasteiger partial charge < -0.3 is 14.2 Å². The molecule has 1 aromatic rings. The van der Waals surface area contributed by atoms with Crippen LogP contribution < -0.4 is 4.74 Å². The molecule has 0 saturated carbocycles. The number of hydrogen-bond donors (Lipinski definition) is 0. The molecule has 4 heteroatoms. The third kappa shape index (κ3) is 5.38. The number of para-hydroxylation sites is 1. The number of methoxy groups -OCH3 is 1. The fourth-order valence-electron chi connectivity index (χ4n) is 1.60. The van der Waals surface area contributed by atoms with Crippen molar-refractivity contribution in [3.63, 3.8) is 0 Å². The Kier molecular flexibility index (Phi) is 8.05. The van der Waals surface area contributed by atoms with Crippen LogP contribution in [0, 0.1) is 6.92 Å². The van der Waals surface area contributed by atoms with Crippen molar-refractivity contribution >= 4 is 15.9 Å². The van der Waals surface area contributed by atoms with Crippen LogP contribution in [0.3, 0.4) is 0 Å². The number of rotatable bonds is 9. The van der Waals surface area contributed by atoms with Gasteiger partial charge in [-0.3, -0.25) is 0 Å². The summed E-state index contributed by atoms with van der Waals surface area (Å²) in [5.41, 5.74) is 2.36. The third-order valence-corrected chi connectivity index (χ3v) is 3.15. The molecule has 0 spiro atoms. The van der Waals surface area contributed by atoms with Gasteiger partial charge in [0, 0.05) is 31.0 Å². The van der Waals surface area contributed by atoms with Gasteiger partial charge in [0.15, 0.2) is 0 Å². The largest absolute Gasteiger partial charge is 0.493 e. The predicted octanol–water partition coefficient (Wildman–Crippen LogP) is 3.32. The minimum atomic E-state index is 0.645. The summed E-state index contributed by atoms with van der Waals surface area (Å²) in [6.45, 7) is 4.74. The van der Waals surface area contributed by atoms with E-state index in [1.165, 1.54) is 11.1 Å². The topological polar surface area (TPSA) is 27.7 Å². The van der Waals surface area contributed by atoms with Crippen molar-refractivity contribution in [1.82, 2.24) is 0 Å². The molecule has 0 aromatic heterocycles. The standard InChI is InChI=1S/C14H21BrO3/c1-12-5-3-6-13(11-15)14(12)18-8-4-7-17-10-9-16-2/h3,5-6H,4,7-11H2,1-2H3. The number of ether oxygens (including phenoxy) is 3. The van der Waals surface area contributed by atoms with E-state index in [2.05, 4.69) is 35.0 Å². The normalized spacial score (nSPS) is 10.6. The smallest absolute Gasteiger partial charge is 0.126 e. The minimum Gasteiger partial charge on any atom is -0.493 e. The van der Waals surface area contributed by atoms with Crippen molar-refractivity contribution in [2.24, 2.45) is 0 Å². The first kappa shape index (κ1) is 15.5. The molecule has 0 aliphatic rings. The summed E-state index contributed by atoms with van der Waals surface area (Å²) in [5, 5.41) is 0.814. The third-order valence-electron chi connectivity index (χ3n) is 2.55. The molecule has 0 N–H and O–H groups in total. The molecule has 0 fully saturated rings. The Morgan fingerprint density at radius 1 is 1.11 bits per heavy atom. The number of hydrogen-bond acceptors (Lipinski definition) is 3. The summed E-state index contributed by atoms with van der Waals surface area (Å²) in [6, 6.07) is 6.19. The predicted molar refractivity (Wildman–Crippen MR) is 76.6 cm³/mol. The van der Waals surface area contributed by atoms with Gasteiger partial charge in [0.1, 0.15) is 5.75 Å². The van der Waals surface area contributed by atoms with Crippen molar-refractivity contribution in [1.29, 1.82) is 0 Å². The van der Waals surface area contributed by atoms with E-state index in [9.17, 15) is 0 Å². The number of alkyl halides is 1. The first-order chi connectivity index (χ1) is 8.79. The maximum atomic E-state index is 5.82. The second kappa shape index (κ2) is 9.36. The zero-order valence-corrected chi connectivity index (χ0v) is 12.7. The quantitative estimate of drug-likeness (QED) is 0.516. The van der Waals surface area contributed by atoms with E-state index in [0.29, 0.717) is 26.4 Å². The van der Waals surface area contributed by atoms with Crippen molar-refractivity contribution in [3.8, 4) is 5.75 Å². The first-order valence-electron chi connectivity index (χ1n) is 6.13. The summed E-state index contributed by atoms with van der Waals surface area (Å²) in [7, 11) is 1.67. The first-order valence-corrected chi connectivity index (χ1v) is 7.25. The summed E-state index contributed by atoms with van der Waals surface area (Å²) >= 11 is 3.48. The molecule has 0 heterocycles. The van der Waals surface area contributed by atoms with Gasteiger partial charge in [-0.2, -0.15) is 0 Å². The molecule has 1 aromatic carbocycles. The monoisotopic (exact) mass is 316 g/mol. The molecule has 0 atom stereocenters. The van der Waals surface area contributed by atoms with Crippen LogP contribution in [-0.2, 0) is 14.8 Å². The van der Waals surface area contributed by atoms with Gasteiger partial charge >= 0.3 is 0 Å². The molecule has 0 saturated heterocycles. The van der Waals surface area contributed by atoms with E-state index in [1.54, 1.807) is 7.11 Å². The lowest BCUT2D eigenvalue weighted by Crippen LogP contribution is -2.07.